The topological polar surface area (TPSA) is 72.8 Å². The zero-order valence-corrected chi connectivity index (χ0v) is 6.36. The Morgan fingerprint density at radius 1 is 1.55 bits per heavy atom. The van der Waals surface area contributed by atoms with Crippen LogP contribution in [-0.2, 0) is 19.1 Å². The molecule has 1 atom stereocenters. The van der Waals surface area contributed by atoms with Gasteiger partial charge in [-0.1, -0.05) is 0 Å². The summed E-state index contributed by atoms with van der Waals surface area (Å²) in [6, 6.07) is 0. The van der Waals surface area contributed by atoms with E-state index in [2.05, 4.69) is 9.47 Å². The van der Waals surface area contributed by atoms with Gasteiger partial charge in [0.25, 0.3) is 0 Å². The lowest BCUT2D eigenvalue weighted by molar-refractivity contribution is -0.157. The molecule has 0 spiro atoms. The van der Waals surface area contributed by atoms with Crippen molar-refractivity contribution in [2.45, 2.75) is 13.0 Å². The van der Waals surface area contributed by atoms with Crippen LogP contribution in [0.5, 0.6) is 0 Å². The van der Waals surface area contributed by atoms with Crippen LogP contribution in [-0.4, -0.2) is 36.9 Å². The van der Waals surface area contributed by atoms with Gasteiger partial charge in [0.05, 0.1) is 7.11 Å². The Labute approximate surface area is 63.9 Å². The number of hydrogen-bond donors (Lipinski definition) is 1. The van der Waals surface area contributed by atoms with Gasteiger partial charge in [0.15, 0.2) is 6.10 Å². The van der Waals surface area contributed by atoms with Crippen molar-refractivity contribution in [3.63, 3.8) is 0 Å². The summed E-state index contributed by atoms with van der Waals surface area (Å²) >= 11 is 0. The van der Waals surface area contributed by atoms with Gasteiger partial charge < -0.3 is 14.6 Å². The number of aliphatic hydroxyl groups excluding tert-OH is 1. The highest BCUT2D eigenvalue weighted by atomic mass is 16.6. The molecule has 0 saturated carbocycles. The van der Waals surface area contributed by atoms with Crippen LogP contribution in [0.25, 0.3) is 0 Å². The second kappa shape index (κ2) is 4.68. The second-order valence-corrected chi connectivity index (χ2v) is 1.84. The van der Waals surface area contributed by atoms with E-state index in [0.717, 1.165) is 7.11 Å². The minimum absolute atomic E-state index is 0.359. The van der Waals surface area contributed by atoms with E-state index in [1.54, 1.807) is 0 Å². The van der Waals surface area contributed by atoms with E-state index in [1.807, 2.05) is 0 Å². The second-order valence-electron chi connectivity index (χ2n) is 1.84. The lowest BCUT2D eigenvalue weighted by atomic mass is 10.4. The summed E-state index contributed by atoms with van der Waals surface area (Å²) in [5, 5.41) is 8.81. The smallest absolute Gasteiger partial charge is 0.338 e. The van der Waals surface area contributed by atoms with Crippen LogP contribution in [0.2, 0.25) is 0 Å². The van der Waals surface area contributed by atoms with Crippen molar-refractivity contribution in [1.82, 2.24) is 0 Å². The molecular formula is C6H10O5. The SMILES string of the molecule is COC(=O)C(O)COC(C)=O. The number of esters is 2. The summed E-state index contributed by atoms with van der Waals surface area (Å²) < 4.78 is 8.50. The molecule has 0 rings (SSSR count). The molecule has 64 valence electrons. The Hall–Kier alpha value is -1.10. The highest BCUT2D eigenvalue weighted by Crippen LogP contribution is 1.88. The first-order valence-corrected chi connectivity index (χ1v) is 2.97. The van der Waals surface area contributed by atoms with E-state index in [0.29, 0.717) is 0 Å². The van der Waals surface area contributed by atoms with Crippen LogP contribution in [0.1, 0.15) is 6.92 Å². The lowest BCUT2D eigenvalue weighted by Gasteiger charge is -2.06. The molecule has 0 aliphatic rings. The van der Waals surface area contributed by atoms with Gasteiger partial charge in [0, 0.05) is 6.92 Å². The molecule has 0 aliphatic carbocycles. The zero-order valence-electron chi connectivity index (χ0n) is 6.36. The lowest BCUT2D eigenvalue weighted by Crippen LogP contribution is -2.27. The first kappa shape index (κ1) is 9.90. The molecule has 0 aromatic heterocycles. The van der Waals surface area contributed by atoms with Crippen molar-refractivity contribution >= 4 is 11.9 Å². The minimum Gasteiger partial charge on any atom is -0.467 e. The quantitative estimate of drug-likeness (QED) is 0.543. The predicted molar refractivity (Wildman–Crippen MR) is 34.7 cm³/mol. The third-order valence-corrected chi connectivity index (χ3v) is 0.918. The Bertz CT molecular complexity index is 153. The molecule has 0 heterocycles. The molecule has 0 aliphatic heterocycles. The molecule has 0 aromatic carbocycles. The maximum atomic E-state index is 10.5. The third kappa shape index (κ3) is 4.32. The fourth-order valence-corrected chi connectivity index (χ4v) is 0.400. The summed E-state index contributed by atoms with van der Waals surface area (Å²) in [5.74, 6) is -1.36. The molecule has 5 nitrogen and oxygen atoms in total. The van der Waals surface area contributed by atoms with Crippen LogP contribution in [0.4, 0.5) is 0 Å². The van der Waals surface area contributed by atoms with Gasteiger partial charge in [-0.15, -0.1) is 0 Å². The normalized spacial score (nSPS) is 11.9. The van der Waals surface area contributed by atoms with E-state index < -0.39 is 18.0 Å². The Kier molecular flexibility index (Phi) is 4.21. The molecule has 0 amide bonds. The Morgan fingerprint density at radius 3 is 2.45 bits per heavy atom. The van der Waals surface area contributed by atoms with Crippen molar-refractivity contribution in [3.8, 4) is 0 Å². The average molecular weight is 162 g/mol. The minimum atomic E-state index is -1.39. The number of aliphatic hydroxyl groups is 1. The maximum absolute atomic E-state index is 10.5. The van der Waals surface area contributed by atoms with Gasteiger partial charge in [0.1, 0.15) is 6.61 Å². The van der Waals surface area contributed by atoms with E-state index in [4.69, 9.17) is 5.11 Å². The summed E-state index contributed by atoms with van der Waals surface area (Å²) in [6.07, 6.45) is -1.39. The number of hydrogen-bond acceptors (Lipinski definition) is 5. The Morgan fingerprint density at radius 2 is 2.09 bits per heavy atom. The summed E-state index contributed by atoms with van der Waals surface area (Å²) in [6.45, 7) is 0.825. The molecule has 0 saturated heterocycles. The Balaban J connectivity index is 3.60. The summed E-state index contributed by atoms with van der Waals surface area (Å²) in [5.41, 5.74) is 0. The maximum Gasteiger partial charge on any atom is 0.338 e. The van der Waals surface area contributed by atoms with E-state index in [9.17, 15) is 9.59 Å². The highest BCUT2D eigenvalue weighted by molar-refractivity contribution is 5.75. The summed E-state index contributed by atoms with van der Waals surface area (Å²) in [4.78, 5) is 20.6. The van der Waals surface area contributed by atoms with Crippen molar-refractivity contribution < 1.29 is 24.2 Å². The van der Waals surface area contributed by atoms with Gasteiger partial charge in [-0.25, -0.2) is 4.79 Å². The van der Waals surface area contributed by atoms with E-state index in [-0.39, 0.29) is 6.61 Å². The van der Waals surface area contributed by atoms with Crippen molar-refractivity contribution in [2.75, 3.05) is 13.7 Å². The molecule has 0 fully saturated rings. The third-order valence-electron chi connectivity index (χ3n) is 0.918. The average Bonchev–Trinajstić information content (AvgIpc) is 1.98. The molecule has 0 radical (unpaired) electrons. The number of carbonyl (C=O) groups is 2. The van der Waals surface area contributed by atoms with Gasteiger partial charge in [-0.3, -0.25) is 4.79 Å². The fourth-order valence-electron chi connectivity index (χ4n) is 0.400. The molecule has 5 heteroatoms. The van der Waals surface area contributed by atoms with Crippen molar-refractivity contribution in [3.05, 3.63) is 0 Å². The van der Waals surface area contributed by atoms with Crippen molar-refractivity contribution in [1.29, 1.82) is 0 Å². The predicted octanol–water partition coefficient (Wildman–Crippen LogP) is -0.917. The zero-order chi connectivity index (χ0) is 8.85. The first-order valence-electron chi connectivity index (χ1n) is 2.97. The van der Waals surface area contributed by atoms with Crippen LogP contribution < -0.4 is 0 Å². The fraction of sp³-hybridized carbons (Fsp3) is 0.667. The molecule has 0 aromatic rings. The van der Waals surface area contributed by atoms with Crippen molar-refractivity contribution in [2.24, 2.45) is 0 Å². The monoisotopic (exact) mass is 162 g/mol. The molecule has 1 unspecified atom stereocenters. The van der Waals surface area contributed by atoms with Gasteiger partial charge in [-0.2, -0.15) is 0 Å². The number of ether oxygens (including phenoxy) is 2. The number of carbonyl (C=O) groups excluding carboxylic acids is 2. The molecule has 1 N–H and O–H groups in total. The van der Waals surface area contributed by atoms with E-state index in [1.165, 1.54) is 6.92 Å². The number of rotatable bonds is 3. The van der Waals surface area contributed by atoms with Gasteiger partial charge in [-0.05, 0) is 0 Å². The molecular weight excluding hydrogens is 152 g/mol. The molecule has 11 heavy (non-hydrogen) atoms. The number of methoxy groups -OCH3 is 1. The first-order chi connectivity index (χ1) is 5.07. The van der Waals surface area contributed by atoms with Gasteiger partial charge in [0.2, 0.25) is 0 Å². The van der Waals surface area contributed by atoms with Crippen LogP contribution in [0, 0.1) is 0 Å². The highest BCUT2D eigenvalue weighted by Gasteiger charge is 2.15. The van der Waals surface area contributed by atoms with Crippen LogP contribution in [0.3, 0.4) is 0 Å². The summed E-state index contributed by atoms with van der Waals surface area (Å²) in [7, 11) is 1.14. The van der Waals surface area contributed by atoms with Crippen LogP contribution >= 0.6 is 0 Å². The largest absolute Gasteiger partial charge is 0.467 e. The van der Waals surface area contributed by atoms with E-state index >= 15 is 0 Å². The standard InChI is InChI=1S/C6H10O5/c1-4(7)11-3-5(8)6(9)10-2/h5,8H,3H2,1-2H3. The van der Waals surface area contributed by atoms with Crippen LogP contribution in [0.15, 0.2) is 0 Å². The molecule has 0 bridgehead atoms. The van der Waals surface area contributed by atoms with Gasteiger partial charge >= 0.3 is 11.9 Å².